The first-order valence-electron chi connectivity index (χ1n) is 9.34. The Morgan fingerprint density at radius 2 is 2.04 bits per heavy atom. The Labute approximate surface area is 173 Å². The summed E-state index contributed by atoms with van der Waals surface area (Å²) in [5.41, 5.74) is 0.878. The summed E-state index contributed by atoms with van der Waals surface area (Å²) in [6.45, 7) is 7.60. The van der Waals surface area contributed by atoms with E-state index in [1.54, 1.807) is 29.4 Å². The molecule has 3 rings (SSSR count). The van der Waals surface area contributed by atoms with E-state index < -0.39 is 0 Å². The monoisotopic (exact) mass is 415 g/mol. The number of hydrogen-bond acceptors (Lipinski definition) is 6. The fraction of sp³-hybridized carbons (Fsp3) is 0.333. The minimum Gasteiger partial charge on any atom is -0.497 e. The van der Waals surface area contributed by atoms with Crippen LogP contribution in [0, 0.1) is 0 Å². The maximum Gasteiger partial charge on any atom is 0.252 e. The van der Waals surface area contributed by atoms with Gasteiger partial charge in [-0.05, 0) is 48.8 Å². The van der Waals surface area contributed by atoms with Crippen molar-refractivity contribution in [3.05, 3.63) is 46.7 Å². The maximum absolute atomic E-state index is 13.0. The smallest absolute Gasteiger partial charge is 0.252 e. The second-order valence-electron chi connectivity index (χ2n) is 6.20. The van der Waals surface area contributed by atoms with E-state index in [-0.39, 0.29) is 5.91 Å². The van der Waals surface area contributed by atoms with Gasteiger partial charge >= 0.3 is 0 Å². The average molecular weight is 416 g/mol. The number of carbonyl (C=O) groups excluding carboxylic acids is 1. The number of methoxy groups -OCH3 is 1. The van der Waals surface area contributed by atoms with Gasteiger partial charge in [0.25, 0.3) is 5.91 Å². The Morgan fingerprint density at radius 1 is 1.21 bits per heavy atom. The molecule has 0 saturated carbocycles. The zero-order valence-corrected chi connectivity index (χ0v) is 18.1. The molecule has 2 heterocycles. The first-order valence-corrected chi connectivity index (χ1v) is 11.0. The van der Waals surface area contributed by atoms with Crippen molar-refractivity contribution >= 4 is 50.0 Å². The molecule has 0 saturated heterocycles. The second kappa shape index (κ2) is 9.82. The highest BCUT2D eigenvalue weighted by Gasteiger charge is 2.19. The molecule has 0 spiro atoms. The van der Waals surface area contributed by atoms with Crippen molar-refractivity contribution in [1.82, 2.24) is 9.88 Å². The van der Waals surface area contributed by atoms with Crippen molar-refractivity contribution in [3.8, 4) is 5.75 Å². The molecule has 0 aliphatic carbocycles. The lowest BCUT2D eigenvalue weighted by molar-refractivity contribution is -0.114. The molecule has 3 aromatic rings. The summed E-state index contributed by atoms with van der Waals surface area (Å²) >= 11 is 3.13. The van der Waals surface area contributed by atoms with Crippen LogP contribution in [0.1, 0.15) is 18.7 Å². The number of nitrogens with zero attached hydrogens (tertiary/aromatic N) is 3. The summed E-state index contributed by atoms with van der Waals surface area (Å²) in [4.78, 5) is 22.8. The molecular formula is C21H25N3O2S2. The summed E-state index contributed by atoms with van der Waals surface area (Å²) in [6, 6.07) is 9.77. The number of aromatic nitrogens is 1. The number of hydrogen-bond donors (Lipinski definition) is 0. The number of fused-ring (bicyclic) bond motifs is 1. The lowest BCUT2D eigenvalue weighted by Gasteiger charge is -2.23. The molecular weight excluding hydrogens is 390 g/mol. The van der Waals surface area contributed by atoms with Gasteiger partial charge in [-0.15, -0.1) is 11.3 Å². The van der Waals surface area contributed by atoms with Crippen LogP contribution in [-0.4, -0.2) is 49.1 Å². The maximum atomic E-state index is 13.0. The van der Waals surface area contributed by atoms with Crippen molar-refractivity contribution in [2.24, 2.45) is 0 Å². The SMILES string of the molecule is CCN(CC)CCN(C(=O)/C=C/c1cccs1)c1nc2ccc(OC)cc2s1. The number of thiazole rings is 1. The molecule has 0 aliphatic rings. The van der Waals surface area contributed by atoms with Crippen LogP contribution in [-0.2, 0) is 4.79 Å². The Hall–Kier alpha value is -2.22. The van der Waals surface area contributed by atoms with Gasteiger partial charge in [-0.2, -0.15) is 0 Å². The van der Waals surface area contributed by atoms with Gasteiger partial charge < -0.3 is 9.64 Å². The Kier molecular flexibility index (Phi) is 7.19. The number of carbonyl (C=O) groups is 1. The van der Waals surface area contributed by atoms with Crippen molar-refractivity contribution in [2.75, 3.05) is 38.2 Å². The molecule has 2 aromatic heterocycles. The van der Waals surface area contributed by atoms with E-state index >= 15 is 0 Å². The van der Waals surface area contributed by atoms with Gasteiger partial charge in [0.2, 0.25) is 0 Å². The zero-order valence-electron chi connectivity index (χ0n) is 16.4. The molecule has 28 heavy (non-hydrogen) atoms. The highest BCUT2D eigenvalue weighted by atomic mass is 32.1. The molecule has 0 fully saturated rings. The molecule has 7 heteroatoms. The summed E-state index contributed by atoms with van der Waals surface area (Å²) in [5, 5.41) is 2.72. The first kappa shape index (κ1) is 20.5. The topological polar surface area (TPSA) is 45.7 Å². The molecule has 1 amide bonds. The normalized spacial score (nSPS) is 11.6. The van der Waals surface area contributed by atoms with E-state index in [0.29, 0.717) is 6.54 Å². The van der Waals surface area contributed by atoms with Gasteiger partial charge in [-0.1, -0.05) is 31.3 Å². The third kappa shape index (κ3) is 4.98. The third-order valence-electron chi connectivity index (χ3n) is 4.55. The van der Waals surface area contributed by atoms with Crippen LogP contribution in [0.4, 0.5) is 5.13 Å². The molecule has 0 aliphatic heterocycles. The second-order valence-corrected chi connectivity index (χ2v) is 8.18. The Morgan fingerprint density at radius 3 is 2.71 bits per heavy atom. The lowest BCUT2D eigenvalue weighted by Crippen LogP contribution is -2.38. The minimum atomic E-state index is -0.0495. The number of ether oxygens (including phenoxy) is 1. The van der Waals surface area contributed by atoms with E-state index in [1.807, 2.05) is 41.8 Å². The van der Waals surface area contributed by atoms with Gasteiger partial charge in [-0.3, -0.25) is 9.69 Å². The Balaban J connectivity index is 1.87. The van der Waals surface area contributed by atoms with Crippen molar-refractivity contribution in [3.63, 3.8) is 0 Å². The van der Waals surface area contributed by atoms with Crippen molar-refractivity contribution in [1.29, 1.82) is 0 Å². The zero-order chi connectivity index (χ0) is 19.9. The van der Waals surface area contributed by atoms with Gasteiger partial charge in [0, 0.05) is 24.0 Å². The quantitative estimate of drug-likeness (QED) is 0.473. The van der Waals surface area contributed by atoms with Crippen LogP contribution in [0.25, 0.3) is 16.3 Å². The summed E-state index contributed by atoms with van der Waals surface area (Å²) in [6.07, 6.45) is 3.51. The molecule has 0 N–H and O–H groups in total. The molecule has 0 bridgehead atoms. The number of thiophene rings is 1. The van der Waals surface area contributed by atoms with Crippen LogP contribution in [0.5, 0.6) is 5.75 Å². The highest BCUT2D eigenvalue weighted by molar-refractivity contribution is 7.22. The highest BCUT2D eigenvalue weighted by Crippen LogP contribution is 2.31. The van der Waals surface area contributed by atoms with Gasteiger partial charge in [0.1, 0.15) is 5.75 Å². The predicted molar refractivity (Wildman–Crippen MR) is 120 cm³/mol. The predicted octanol–water partition coefficient (Wildman–Crippen LogP) is 4.75. The van der Waals surface area contributed by atoms with Crippen molar-refractivity contribution in [2.45, 2.75) is 13.8 Å². The largest absolute Gasteiger partial charge is 0.497 e. The number of amides is 1. The van der Waals surface area contributed by atoms with Crippen LogP contribution in [0.15, 0.2) is 41.8 Å². The molecule has 0 radical (unpaired) electrons. The number of benzene rings is 1. The molecule has 0 unspecified atom stereocenters. The van der Waals surface area contributed by atoms with Crippen LogP contribution >= 0.6 is 22.7 Å². The van der Waals surface area contributed by atoms with E-state index in [0.717, 1.165) is 45.6 Å². The summed E-state index contributed by atoms with van der Waals surface area (Å²) in [5.74, 6) is 0.743. The van der Waals surface area contributed by atoms with Crippen molar-refractivity contribution < 1.29 is 9.53 Å². The van der Waals surface area contributed by atoms with Gasteiger partial charge in [-0.25, -0.2) is 4.98 Å². The standard InChI is InChI=1S/C21H25N3O2S2/c1-4-23(5-2)12-13-24(20(25)11-9-17-7-6-14-27-17)21-22-18-10-8-16(26-3)15-19(18)28-21/h6-11,14-15H,4-5,12-13H2,1-3H3/b11-9+. The van der Waals surface area contributed by atoms with E-state index in [2.05, 4.69) is 18.7 Å². The molecule has 0 atom stereocenters. The molecule has 1 aromatic carbocycles. The molecule has 5 nitrogen and oxygen atoms in total. The van der Waals surface area contributed by atoms with E-state index in [1.165, 1.54) is 11.3 Å². The fourth-order valence-electron chi connectivity index (χ4n) is 2.85. The van der Waals surface area contributed by atoms with Gasteiger partial charge in [0.15, 0.2) is 5.13 Å². The number of anilines is 1. The number of rotatable bonds is 9. The molecule has 148 valence electrons. The van der Waals surface area contributed by atoms with E-state index in [4.69, 9.17) is 9.72 Å². The summed E-state index contributed by atoms with van der Waals surface area (Å²) in [7, 11) is 1.65. The van der Waals surface area contributed by atoms with E-state index in [9.17, 15) is 4.79 Å². The minimum absolute atomic E-state index is 0.0495. The van der Waals surface area contributed by atoms with Crippen LogP contribution in [0.2, 0.25) is 0 Å². The average Bonchev–Trinajstić information content (AvgIpc) is 3.38. The Bertz CT molecular complexity index is 930. The van der Waals surface area contributed by atoms with Crippen LogP contribution in [0.3, 0.4) is 0 Å². The third-order valence-corrected chi connectivity index (χ3v) is 6.43. The lowest BCUT2D eigenvalue weighted by atomic mass is 10.3. The van der Waals surface area contributed by atoms with Crippen LogP contribution < -0.4 is 9.64 Å². The fourth-order valence-corrected chi connectivity index (χ4v) is 4.49. The summed E-state index contributed by atoms with van der Waals surface area (Å²) < 4.78 is 6.32. The first-order chi connectivity index (χ1) is 13.6. The number of likely N-dealkylation sites (N-methyl/N-ethyl adjacent to an activating group) is 1. The van der Waals surface area contributed by atoms with Gasteiger partial charge in [0.05, 0.1) is 17.3 Å².